The summed E-state index contributed by atoms with van der Waals surface area (Å²) in [6.45, 7) is 0. The van der Waals surface area contributed by atoms with Gasteiger partial charge in [-0.25, -0.2) is 0 Å². The van der Waals surface area contributed by atoms with E-state index in [2.05, 4.69) is 30.2 Å². The molecule has 0 unspecified atom stereocenters. The monoisotopic (exact) mass is 156 g/mol. The molecule has 60 valence electrons. The maximum atomic E-state index is 5.49. The van der Waals surface area contributed by atoms with E-state index in [4.69, 9.17) is 6.42 Å². The van der Waals surface area contributed by atoms with Crippen molar-refractivity contribution in [3.8, 4) is 12.3 Å². The van der Waals surface area contributed by atoms with Crippen LogP contribution in [0.4, 0.5) is 0 Å². The molecule has 12 heavy (non-hydrogen) atoms. The maximum absolute atomic E-state index is 5.49. The fraction of sp³-hybridized carbons (Fsp3) is 0.333. The van der Waals surface area contributed by atoms with Crippen LogP contribution in [0, 0.1) is 18.3 Å². The van der Waals surface area contributed by atoms with Crippen molar-refractivity contribution >= 4 is 0 Å². The molecule has 0 atom stereocenters. The molecule has 0 heterocycles. The van der Waals surface area contributed by atoms with Crippen LogP contribution in [0.3, 0.4) is 0 Å². The molecule has 0 aromatic carbocycles. The number of rotatable bonds is 1. The van der Waals surface area contributed by atoms with Crippen molar-refractivity contribution in [3.63, 3.8) is 0 Å². The van der Waals surface area contributed by atoms with Gasteiger partial charge in [0.2, 0.25) is 0 Å². The average Bonchev–Trinajstić information content (AvgIpc) is 2.47. The summed E-state index contributed by atoms with van der Waals surface area (Å²) in [5, 5.41) is 0. The van der Waals surface area contributed by atoms with Crippen LogP contribution in [-0.2, 0) is 0 Å². The summed E-state index contributed by atoms with van der Waals surface area (Å²) in [5.41, 5.74) is 2.71. The zero-order chi connectivity index (χ0) is 8.39. The standard InChI is InChI=1S/C12H12/c1-2-12(11-8-5-9-11)10-6-3-4-7-10/h1,3-4,6-7,10H,5,8-9H2. The highest BCUT2D eigenvalue weighted by atomic mass is 14.2. The van der Waals surface area contributed by atoms with Crippen LogP contribution in [0.15, 0.2) is 35.5 Å². The van der Waals surface area contributed by atoms with Gasteiger partial charge < -0.3 is 0 Å². The van der Waals surface area contributed by atoms with Gasteiger partial charge >= 0.3 is 0 Å². The molecule has 0 aromatic rings. The van der Waals surface area contributed by atoms with Crippen molar-refractivity contribution in [2.75, 3.05) is 0 Å². The van der Waals surface area contributed by atoms with Crippen LogP contribution < -0.4 is 0 Å². The molecule has 1 fully saturated rings. The Balaban J connectivity index is 2.24. The molecule has 0 aromatic heterocycles. The van der Waals surface area contributed by atoms with Crippen molar-refractivity contribution in [2.45, 2.75) is 19.3 Å². The summed E-state index contributed by atoms with van der Waals surface area (Å²) < 4.78 is 0. The summed E-state index contributed by atoms with van der Waals surface area (Å²) in [4.78, 5) is 0. The van der Waals surface area contributed by atoms with Crippen molar-refractivity contribution in [1.29, 1.82) is 0 Å². The molecule has 2 aliphatic carbocycles. The Morgan fingerprint density at radius 3 is 2.42 bits per heavy atom. The van der Waals surface area contributed by atoms with Crippen LogP contribution in [0.25, 0.3) is 0 Å². The van der Waals surface area contributed by atoms with E-state index in [9.17, 15) is 0 Å². The molecule has 0 saturated heterocycles. The van der Waals surface area contributed by atoms with Crippen molar-refractivity contribution in [1.82, 2.24) is 0 Å². The lowest BCUT2D eigenvalue weighted by molar-refractivity contribution is 0.646. The van der Waals surface area contributed by atoms with E-state index in [0.29, 0.717) is 5.92 Å². The van der Waals surface area contributed by atoms with Gasteiger partial charge in [0.1, 0.15) is 0 Å². The quantitative estimate of drug-likeness (QED) is 0.512. The van der Waals surface area contributed by atoms with Crippen LogP contribution in [0.1, 0.15) is 19.3 Å². The molecule has 2 rings (SSSR count). The van der Waals surface area contributed by atoms with Crippen LogP contribution >= 0.6 is 0 Å². The molecule has 0 radical (unpaired) electrons. The van der Waals surface area contributed by atoms with E-state index in [1.807, 2.05) is 0 Å². The Morgan fingerprint density at radius 2 is 2.00 bits per heavy atom. The van der Waals surface area contributed by atoms with Gasteiger partial charge in [-0.2, -0.15) is 0 Å². The topological polar surface area (TPSA) is 0 Å². The molecular weight excluding hydrogens is 144 g/mol. The van der Waals surface area contributed by atoms with Gasteiger partial charge in [-0.3, -0.25) is 0 Å². The zero-order valence-corrected chi connectivity index (χ0v) is 7.09. The van der Waals surface area contributed by atoms with E-state index >= 15 is 0 Å². The maximum Gasteiger partial charge on any atom is 0.0284 e. The highest BCUT2D eigenvalue weighted by Crippen LogP contribution is 2.33. The van der Waals surface area contributed by atoms with E-state index < -0.39 is 0 Å². The van der Waals surface area contributed by atoms with Crippen molar-refractivity contribution in [3.05, 3.63) is 35.5 Å². The van der Waals surface area contributed by atoms with Crippen molar-refractivity contribution < 1.29 is 0 Å². The molecule has 0 bridgehead atoms. The summed E-state index contributed by atoms with van der Waals surface area (Å²) in [5.74, 6) is 3.23. The molecule has 0 spiro atoms. The fourth-order valence-electron chi connectivity index (χ4n) is 1.68. The highest BCUT2D eigenvalue weighted by molar-refractivity contribution is 5.43. The average molecular weight is 156 g/mol. The van der Waals surface area contributed by atoms with Gasteiger partial charge in [0, 0.05) is 11.5 Å². The van der Waals surface area contributed by atoms with Gasteiger partial charge in [-0.15, -0.1) is 6.42 Å². The lowest BCUT2D eigenvalue weighted by atomic mass is 9.83. The first-order valence-electron chi connectivity index (χ1n) is 4.45. The number of terminal acetylenes is 1. The third-order valence-corrected chi connectivity index (χ3v) is 2.57. The minimum Gasteiger partial charge on any atom is -0.115 e. The van der Waals surface area contributed by atoms with E-state index in [1.165, 1.54) is 30.4 Å². The normalized spacial score (nSPS) is 20.8. The highest BCUT2D eigenvalue weighted by Gasteiger charge is 2.18. The SMILES string of the molecule is C#CC(=C1CCC1)C1C=CC=C1. The minimum atomic E-state index is 0.408. The molecule has 0 heteroatoms. The molecule has 0 N–H and O–H groups in total. The number of hydrogen-bond acceptors (Lipinski definition) is 0. The first-order chi connectivity index (χ1) is 5.92. The van der Waals surface area contributed by atoms with E-state index in [-0.39, 0.29) is 0 Å². The Hall–Kier alpha value is -1.22. The molecule has 0 amide bonds. The second-order valence-electron chi connectivity index (χ2n) is 3.31. The first-order valence-corrected chi connectivity index (χ1v) is 4.45. The van der Waals surface area contributed by atoms with Gasteiger partial charge in [-0.05, 0) is 19.3 Å². The predicted molar refractivity (Wildman–Crippen MR) is 51.5 cm³/mol. The Morgan fingerprint density at radius 1 is 1.33 bits per heavy atom. The van der Waals surface area contributed by atoms with Crippen LogP contribution in [0.5, 0.6) is 0 Å². The Kier molecular flexibility index (Phi) is 1.87. The minimum absolute atomic E-state index is 0.408. The number of hydrogen-bond donors (Lipinski definition) is 0. The second kappa shape index (κ2) is 3.03. The molecule has 0 aliphatic heterocycles. The van der Waals surface area contributed by atoms with Crippen molar-refractivity contribution in [2.24, 2.45) is 5.92 Å². The van der Waals surface area contributed by atoms with Gasteiger partial charge in [0.25, 0.3) is 0 Å². The Labute approximate surface area is 73.7 Å². The van der Waals surface area contributed by atoms with Crippen LogP contribution in [0.2, 0.25) is 0 Å². The van der Waals surface area contributed by atoms with E-state index in [0.717, 1.165) is 0 Å². The lowest BCUT2D eigenvalue weighted by Crippen LogP contribution is -2.05. The molecule has 2 aliphatic rings. The molecule has 1 saturated carbocycles. The summed E-state index contributed by atoms with van der Waals surface area (Å²) in [6, 6.07) is 0. The smallest absolute Gasteiger partial charge is 0.0284 e. The van der Waals surface area contributed by atoms with E-state index in [1.54, 1.807) is 0 Å². The third-order valence-electron chi connectivity index (χ3n) is 2.57. The summed E-state index contributed by atoms with van der Waals surface area (Å²) in [6.07, 6.45) is 17.7. The number of allylic oxidation sites excluding steroid dienone is 6. The summed E-state index contributed by atoms with van der Waals surface area (Å²) >= 11 is 0. The fourth-order valence-corrected chi connectivity index (χ4v) is 1.68. The second-order valence-corrected chi connectivity index (χ2v) is 3.31. The first kappa shape index (κ1) is 7.43. The van der Waals surface area contributed by atoms with Gasteiger partial charge in [0.15, 0.2) is 0 Å². The zero-order valence-electron chi connectivity index (χ0n) is 7.09. The predicted octanol–water partition coefficient (Wildman–Crippen LogP) is 2.84. The molecule has 0 nitrogen and oxygen atoms in total. The summed E-state index contributed by atoms with van der Waals surface area (Å²) in [7, 11) is 0. The lowest BCUT2D eigenvalue weighted by Gasteiger charge is -2.21. The Bertz CT molecular complexity index is 289. The van der Waals surface area contributed by atoms with Crippen LogP contribution in [-0.4, -0.2) is 0 Å². The third kappa shape index (κ3) is 1.12. The van der Waals surface area contributed by atoms with Gasteiger partial charge in [0.05, 0.1) is 0 Å². The molecular formula is C12H12. The van der Waals surface area contributed by atoms with Gasteiger partial charge in [-0.1, -0.05) is 35.8 Å². The largest absolute Gasteiger partial charge is 0.115 e.